The van der Waals surface area contributed by atoms with E-state index in [4.69, 9.17) is 21.6 Å². The van der Waals surface area contributed by atoms with Crippen LogP contribution in [0.3, 0.4) is 0 Å². The highest BCUT2D eigenvalue weighted by Crippen LogP contribution is 2.41. The second-order valence-corrected chi connectivity index (χ2v) is 6.89. The first kappa shape index (κ1) is 16.9. The van der Waals surface area contributed by atoms with Crippen LogP contribution in [0.4, 0.5) is 0 Å². The van der Waals surface area contributed by atoms with E-state index in [1.165, 1.54) is 18.9 Å². The van der Waals surface area contributed by atoms with E-state index < -0.39 is 0 Å². The number of rotatable bonds is 6. The zero-order chi connectivity index (χ0) is 15.2. The number of nitrogens with zero attached hydrogens (tertiary/aromatic N) is 1. The Balaban J connectivity index is 2.98. The first-order valence-corrected chi connectivity index (χ1v) is 7.49. The smallest absolute Gasteiger partial charge is 0.305 e. The maximum atomic E-state index is 11.4. The number of nitriles is 1. The quantitative estimate of drug-likeness (QED) is 0.578. The van der Waals surface area contributed by atoms with Crippen molar-refractivity contribution in [3.8, 4) is 5.40 Å². The largest absolute Gasteiger partial charge is 0.469 e. The van der Waals surface area contributed by atoms with Gasteiger partial charge in [-0.25, -0.2) is 0 Å². The molecule has 0 aliphatic rings. The van der Waals surface area contributed by atoms with Gasteiger partial charge in [0.15, 0.2) is 0 Å². The van der Waals surface area contributed by atoms with Crippen molar-refractivity contribution in [3.05, 3.63) is 34.9 Å². The average Bonchev–Trinajstić information content (AvgIpc) is 2.40. The molecule has 3 nitrogen and oxygen atoms in total. The van der Waals surface area contributed by atoms with Gasteiger partial charge in [-0.3, -0.25) is 4.79 Å². The zero-order valence-electron chi connectivity index (χ0n) is 11.9. The molecule has 0 spiro atoms. The Labute approximate surface area is 129 Å². The van der Waals surface area contributed by atoms with Crippen LogP contribution >= 0.6 is 23.4 Å². The molecule has 0 saturated carbocycles. The standard InChI is InChI=1S/C15H18ClNO2S/c1-15(2,20-10-17)13(8-9-14(18)19-3)11-4-6-12(16)7-5-11/h4-7,13H,8-9H2,1-3H3. The molecule has 0 heterocycles. The van der Waals surface area contributed by atoms with Crippen molar-refractivity contribution in [3.63, 3.8) is 0 Å². The predicted molar refractivity (Wildman–Crippen MR) is 82.7 cm³/mol. The van der Waals surface area contributed by atoms with E-state index in [9.17, 15) is 4.79 Å². The Kier molecular flexibility index (Phi) is 6.38. The molecule has 20 heavy (non-hydrogen) atoms. The van der Waals surface area contributed by atoms with Gasteiger partial charge in [-0.05, 0) is 55.6 Å². The summed E-state index contributed by atoms with van der Waals surface area (Å²) in [6, 6.07) is 7.55. The Morgan fingerprint density at radius 3 is 2.55 bits per heavy atom. The molecule has 0 bridgehead atoms. The van der Waals surface area contributed by atoms with Crippen LogP contribution in [0.2, 0.25) is 5.02 Å². The fourth-order valence-corrected chi connectivity index (χ4v) is 2.92. The van der Waals surface area contributed by atoms with E-state index in [0.717, 1.165) is 5.56 Å². The van der Waals surface area contributed by atoms with Gasteiger partial charge < -0.3 is 4.74 Å². The highest BCUT2D eigenvalue weighted by atomic mass is 35.5. The summed E-state index contributed by atoms with van der Waals surface area (Å²) in [6.07, 6.45) is 0.967. The number of hydrogen-bond acceptors (Lipinski definition) is 4. The summed E-state index contributed by atoms with van der Waals surface area (Å²) in [5.41, 5.74) is 1.08. The third-order valence-corrected chi connectivity index (χ3v) is 4.44. The maximum Gasteiger partial charge on any atom is 0.305 e. The molecule has 0 aliphatic heterocycles. The lowest BCUT2D eigenvalue weighted by atomic mass is 9.84. The topological polar surface area (TPSA) is 50.1 Å². The van der Waals surface area contributed by atoms with Crippen molar-refractivity contribution in [2.45, 2.75) is 37.4 Å². The number of carbonyl (C=O) groups is 1. The lowest BCUT2D eigenvalue weighted by Gasteiger charge is -2.31. The fourth-order valence-electron chi connectivity index (χ4n) is 2.16. The third kappa shape index (κ3) is 4.73. The van der Waals surface area contributed by atoms with Crippen LogP contribution in [-0.2, 0) is 9.53 Å². The highest BCUT2D eigenvalue weighted by Gasteiger charge is 2.32. The van der Waals surface area contributed by atoms with Gasteiger partial charge >= 0.3 is 5.97 Å². The lowest BCUT2D eigenvalue weighted by Crippen LogP contribution is -2.26. The molecule has 1 rings (SSSR count). The highest BCUT2D eigenvalue weighted by molar-refractivity contribution is 8.05. The minimum absolute atomic E-state index is 0.0727. The molecular formula is C15H18ClNO2S. The van der Waals surface area contributed by atoms with Crippen LogP contribution in [-0.4, -0.2) is 17.8 Å². The van der Waals surface area contributed by atoms with E-state index in [0.29, 0.717) is 17.9 Å². The van der Waals surface area contributed by atoms with Crippen LogP contribution in [0.1, 0.15) is 38.2 Å². The summed E-state index contributed by atoms with van der Waals surface area (Å²) in [7, 11) is 1.38. The number of esters is 1. The Morgan fingerprint density at radius 2 is 2.05 bits per heavy atom. The first-order chi connectivity index (χ1) is 9.40. The van der Waals surface area contributed by atoms with Gasteiger partial charge in [-0.15, -0.1) is 0 Å². The van der Waals surface area contributed by atoms with E-state index in [1.807, 2.05) is 38.1 Å². The van der Waals surface area contributed by atoms with Crippen LogP contribution in [0.5, 0.6) is 0 Å². The number of halogens is 1. The molecule has 0 saturated heterocycles. The van der Waals surface area contributed by atoms with Crippen LogP contribution in [0.15, 0.2) is 24.3 Å². The normalized spacial score (nSPS) is 12.6. The van der Waals surface area contributed by atoms with Crippen LogP contribution in [0, 0.1) is 10.7 Å². The molecule has 0 radical (unpaired) electrons. The van der Waals surface area contributed by atoms with Gasteiger partial charge in [0.2, 0.25) is 0 Å². The molecule has 1 aromatic rings. The molecule has 0 amide bonds. The van der Waals surface area contributed by atoms with E-state index in [-0.39, 0.29) is 16.6 Å². The number of ether oxygens (including phenoxy) is 1. The monoisotopic (exact) mass is 311 g/mol. The number of hydrogen-bond donors (Lipinski definition) is 0. The summed E-state index contributed by atoms with van der Waals surface area (Å²) in [5.74, 6) is -0.162. The SMILES string of the molecule is COC(=O)CCC(c1ccc(Cl)cc1)C(C)(C)SC#N. The molecule has 0 aliphatic carbocycles. The molecular weight excluding hydrogens is 294 g/mol. The number of thioether (sulfide) groups is 1. The molecule has 1 unspecified atom stereocenters. The Hall–Kier alpha value is -1.18. The maximum absolute atomic E-state index is 11.4. The van der Waals surface area contributed by atoms with Crippen molar-refractivity contribution in [2.75, 3.05) is 7.11 Å². The number of methoxy groups -OCH3 is 1. The molecule has 5 heteroatoms. The van der Waals surface area contributed by atoms with Crippen molar-refractivity contribution in [1.29, 1.82) is 5.26 Å². The Morgan fingerprint density at radius 1 is 1.45 bits per heavy atom. The second-order valence-electron chi connectivity index (χ2n) is 5.02. The van der Waals surface area contributed by atoms with Gasteiger partial charge in [0, 0.05) is 16.2 Å². The van der Waals surface area contributed by atoms with Crippen molar-refractivity contribution in [1.82, 2.24) is 0 Å². The van der Waals surface area contributed by atoms with Gasteiger partial charge in [-0.2, -0.15) is 5.26 Å². The van der Waals surface area contributed by atoms with Gasteiger partial charge in [0.05, 0.1) is 7.11 Å². The zero-order valence-corrected chi connectivity index (χ0v) is 13.4. The van der Waals surface area contributed by atoms with Crippen molar-refractivity contribution < 1.29 is 9.53 Å². The fraction of sp³-hybridized carbons (Fsp3) is 0.467. The third-order valence-electron chi connectivity index (χ3n) is 3.29. The summed E-state index contributed by atoms with van der Waals surface area (Å²) in [5, 5.41) is 11.8. The van der Waals surface area contributed by atoms with Crippen molar-refractivity contribution in [2.24, 2.45) is 0 Å². The molecule has 0 aromatic heterocycles. The second kappa shape index (κ2) is 7.56. The van der Waals surface area contributed by atoms with Crippen molar-refractivity contribution >= 4 is 29.3 Å². The molecule has 0 N–H and O–H groups in total. The lowest BCUT2D eigenvalue weighted by molar-refractivity contribution is -0.140. The molecule has 1 atom stereocenters. The predicted octanol–water partition coefficient (Wildman–Crippen LogP) is 4.37. The molecule has 1 aromatic carbocycles. The van der Waals surface area contributed by atoms with Crippen LogP contribution in [0.25, 0.3) is 0 Å². The molecule has 0 fully saturated rings. The van der Waals surface area contributed by atoms with Crippen LogP contribution < -0.4 is 0 Å². The summed E-state index contributed by atoms with van der Waals surface area (Å²) in [6.45, 7) is 4.02. The van der Waals surface area contributed by atoms with Gasteiger partial charge in [0.1, 0.15) is 5.40 Å². The number of carbonyl (C=O) groups excluding carboxylic acids is 1. The van der Waals surface area contributed by atoms with Gasteiger partial charge in [0.25, 0.3) is 0 Å². The van der Waals surface area contributed by atoms with Gasteiger partial charge in [-0.1, -0.05) is 23.7 Å². The van der Waals surface area contributed by atoms with E-state index >= 15 is 0 Å². The average molecular weight is 312 g/mol. The number of benzene rings is 1. The summed E-state index contributed by atoms with van der Waals surface area (Å²) >= 11 is 7.13. The molecule has 108 valence electrons. The Bertz CT molecular complexity index is 494. The minimum Gasteiger partial charge on any atom is -0.469 e. The summed E-state index contributed by atoms with van der Waals surface area (Å²) in [4.78, 5) is 11.4. The number of thiocyanates is 1. The van der Waals surface area contributed by atoms with E-state index in [2.05, 4.69) is 5.40 Å². The first-order valence-electron chi connectivity index (χ1n) is 6.30. The van der Waals surface area contributed by atoms with E-state index in [1.54, 1.807) is 0 Å². The minimum atomic E-state index is -0.295. The summed E-state index contributed by atoms with van der Waals surface area (Å²) < 4.78 is 4.40.